The van der Waals surface area contributed by atoms with E-state index in [1.165, 1.54) is 0 Å². The fourth-order valence-electron chi connectivity index (χ4n) is 1.72. The maximum Gasteiger partial charge on any atom is 0.564 e. The monoisotopic (exact) mass is 260 g/mol. The number of aromatic nitrogens is 1. The summed E-state index contributed by atoms with van der Waals surface area (Å²) in [6.45, 7) is 13.0. The standard InChI is InChI=1S/C14H21BN2O2/c1-10(2)8-16-13-7-6-12(9-17-13)15-18-11(3)14(4,5)19-15/h6-7,9-10H,3,8H2,1-2,4-5H3,(H,16,17). The summed E-state index contributed by atoms with van der Waals surface area (Å²) in [6.07, 6.45) is 1.78. The molecule has 1 aliphatic heterocycles. The Balaban J connectivity index is 2.01. The van der Waals surface area contributed by atoms with Crippen LogP contribution in [0.25, 0.3) is 0 Å². The second-order valence-electron chi connectivity index (χ2n) is 5.75. The van der Waals surface area contributed by atoms with E-state index in [9.17, 15) is 0 Å². The maximum atomic E-state index is 5.80. The summed E-state index contributed by atoms with van der Waals surface area (Å²) >= 11 is 0. The fraction of sp³-hybridized carbons (Fsp3) is 0.500. The van der Waals surface area contributed by atoms with Crippen molar-refractivity contribution in [2.75, 3.05) is 11.9 Å². The molecule has 0 saturated carbocycles. The van der Waals surface area contributed by atoms with Gasteiger partial charge in [-0.1, -0.05) is 26.5 Å². The third-order valence-corrected chi connectivity index (χ3v) is 3.07. The van der Waals surface area contributed by atoms with Crippen molar-refractivity contribution in [1.82, 2.24) is 4.98 Å². The van der Waals surface area contributed by atoms with Crippen LogP contribution in [0.3, 0.4) is 0 Å². The normalized spacial score (nSPS) is 17.7. The number of nitrogens with one attached hydrogen (secondary N) is 1. The number of anilines is 1. The van der Waals surface area contributed by atoms with E-state index in [0.717, 1.165) is 17.8 Å². The SMILES string of the molecule is C=C1OB(c2ccc(NCC(C)C)nc2)OC1(C)C. The lowest BCUT2D eigenvalue weighted by Gasteiger charge is -2.15. The van der Waals surface area contributed by atoms with Crippen LogP contribution >= 0.6 is 0 Å². The first-order valence-corrected chi connectivity index (χ1v) is 6.62. The van der Waals surface area contributed by atoms with Crippen molar-refractivity contribution in [2.24, 2.45) is 5.92 Å². The molecule has 0 radical (unpaired) electrons. The van der Waals surface area contributed by atoms with Crippen molar-refractivity contribution in [1.29, 1.82) is 0 Å². The Kier molecular flexibility index (Phi) is 3.85. The minimum atomic E-state index is -0.445. The van der Waals surface area contributed by atoms with Gasteiger partial charge in [0.25, 0.3) is 0 Å². The van der Waals surface area contributed by atoms with E-state index in [1.807, 2.05) is 26.0 Å². The molecule has 1 saturated heterocycles. The first-order valence-electron chi connectivity index (χ1n) is 6.62. The zero-order chi connectivity index (χ0) is 14.0. The van der Waals surface area contributed by atoms with E-state index < -0.39 is 12.7 Å². The zero-order valence-corrected chi connectivity index (χ0v) is 12.1. The summed E-state index contributed by atoms with van der Waals surface area (Å²) in [5.74, 6) is 2.11. The molecule has 1 N–H and O–H groups in total. The van der Waals surface area contributed by atoms with Gasteiger partial charge in [0.05, 0.1) is 5.76 Å². The van der Waals surface area contributed by atoms with Crippen LogP contribution in [0.4, 0.5) is 5.82 Å². The van der Waals surface area contributed by atoms with Crippen LogP contribution in [0.1, 0.15) is 27.7 Å². The van der Waals surface area contributed by atoms with E-state index in [-0.39, 0.29) is 0 Å². The molecule has 1 aromatic heterocycles. The fourth-order valence-corrected chi connectivity index (χ4v) is 1.72. The van der Waals surface area contributed by atoms with Gasteiger partial charge in [0.1, 0.15) is 11.4 Å². The first kappa shape index (κ1) is 13.9. The maximum absolute atomic E-state index is 5.80. The molecule has 1 aromatic rings. The van der Waals surface area contributed by atoms with Gasteiger partial charge in [0.2, 0.25) is 0 Å². The summed E-state index contributed by atoms with van der Waals surface area (Å²) in [5, 5.41) is 3.28. The Morgan fingerprint density at radius 1 is 1.42 bits per heavy atom. The van der Waals surface area contributed by atoms with Crippen LogP contribution in [0.2, 0.25) is 0 Å². The van der Waals surface area contributed by atoms with Crippen LogP contribution in [0, 0.1) is 5.92 Å². The average molecular weight is 260 g/mol. The lowest BCUT2D eigenvalue weighted by molar-refractivity contribution is 0.173. The molecule has 1 fully saturated rings. The highest BCUT2D eigenvalue weighted by Crippen LogP contribution is 2.28. The molecule has 5 heteroatoms. The Labute approximate surface area is 115 Å². The van der Waals surface area contributed by atoms with Gasteiger partial charge in [-0.3, -0.25) is 0 Å². The zero-order valence-electron chi connectivity index (χ0n) is 12.1. The lowest BCUT2D eigenvalue weighted by Crippen LogP contribution is -2.34. The van der Waals surface area contributed by atoms with E-state index >= 15 is 0 Å². The minimum absolute atomic E-state index is 0.408. The highest BCUT2D eigenvalue weighted by Gasteiger charge is 2.42. The third kappa shape index (κ3) is 3.29. The van der Waals surface area contributed by atoms with Crippen LogP contribution in [0.5, 0.6) is 0 Å². The topological polar surface area (TPSA) is 43.4 Å². The van der Waals surface area contributed by atoms with Crippen molar-refractivity contribution >= 4 is 18.4 Å². The molecule has 2 rings (SSSR count). The molecule has 0 aromatic carbocycles. The molecule has 2 heterocycles. The van der Waals surface area contributed by atoms with Crippen molar-refractivity contribution in [3.8, 4) is 0 Å². The predicted octanol–water partition coefficient (Wildman–Crippen LogP) is 2.18. The van der Waals surface area contributed by atoms with Gasteiger partial charge in [-0.05, 0) is 25.8 Å². The van der Waals surface area contributed by atoms with Crippen LogP contribution < -0.4 is 10.8 Å². The predicted molar refractivity (Wildman–Crippen MR) is 78.3 cm³/mol. The minimum Gasteiger partial charge on any atom is -0.534 e. The van der Waals surface area contributed by atoms with Crippen molar-refractivity contribution in [3.63, 3.8) is 0 Å². The number of hydrogen-bond acceptors (Lipinski definition) is 4. The second-order valence-corrected chi connectivity index (χ2v) is 5.75. The molecule has 1 aliphatic rings. The number of pyridine rings is 1. The quantitative estimate of drug-likeness (QED) is 0.843. The summed E-state index contributed by atoms with van der Waals surface area (Å²) in [5.41, 5.74) is 0.459. The van der Waals surface area contributed by atoms with Crippen LogP contribution in [-0.4, -0.2) is 24.2 Å². The molecule has 19 heavy (non-hydrogen) atoms. The van der Waals surface area contributed by atoms with E-state index in [0.29, 0.717) is 11.7 Å². The molecule has 0 spiro atoms. The second kappa shape index (κ2) is 5.25. The first-order chi connectivity index (χ1) is 8.88. The van der Waals surface area contributed by atoms with E-state index in [1.54, 1.807) is 6.20 Å². The number of hydrogen-bond donors (Lipinski definition) is 1. The molecule has 0 aliphatic carbocycles. The third-order valence-electron chi connectivity index (χ3n) is 3.07. The number of nitrogens with zero attached hydrogens (tertiary/aromatic N) is 1. The summed E-state index contributed by atoms with van der Waals surface area (Å²) in [7, 11) is -0.408. The summed E-state index contributed by atoms with van der Waals surface area (Å²) in [6, 6.07) is 3.91. The molecule has 4 nitrogen and oxygen atoms in total. The van der Waals surface area contributed by atoms with Crippen molar-refractivity contribution in [3.05, 3.63) is 30.7 Å². The van der Waals surface area contributed by atoms with Crippen molar-refractivity contribution < 1.29 is 9.31 Å². The van der Waals surface area contributed by atoms with Crippen molar-refractivity contribution in [2.45, 2.75) is 33.3 Å². The average Bonchev–Trinajstić information content (AvgIpc) is 2.62. The molecule has 0 atom stereocenters. The largest absolute Gasteiger partial charge is 0.564 e. The van der Waals surface area contributed by atoms with Gasteiger partial charge < -0.3 is 14.6 Å². The Hall–Kier alpha value is -1.49. The summed E-state index contributed by atoms with van der Waals surface area (Å²) < 4.78 is 11.4. The summed E-state index contributed by atoms with van der Waals surface area (Å²) in [4.78, 5) is 4.37. The van der Waals surface area contributed by atoms with Crippen LogP contribution in [0.15, 0.2) is 30.7 Å². The number of rotatable bonds is 4. The highest BCUT2D eigenvalue weighted by atomic mass is 16.7. The van der Waals surface area contributed by atoms with E-state index in [4.69, 9.17) is 9.31 Å². The Bertz CT molecular complexity index is 457. The highest BCUT2D eigenvalue weighted by molar-refractivity contribution is 6.62. The van der Waals surface area contributed by atoms with Gasteiger partial charge >= 0.3 is 7.12 Å². The van der Waals surface area contributed by atoms with Gasteiger partial charge in [-0.2, -0.15) is 0 Å². The Morgan fingerprint density at radius 2 is 2.16 bits per heavy atom. The molecule has 0 unspecified atom stereocenters. The van der Waals surface area contributed by atoms with Gasteiger partial charge in [-0.25, -0.2) is 4.98 Å². The van der Waals surface area contributed by atoms with Gasteiger partial charge in [0, 0.05) is 18.2 Å². The van der Waals surface area contributed by atoms with Gasteiger partial charge in [0.15, 0.2) is 0 Å². The molecule has 0 amide bonds. The molecular weight excluding hydrogens is 239 g/mol. The Morgan fingerprint density at radius 3 is 2.63 bits per heavy atom. The molecule has 0 bridgehead atoms. The molecular formula is C14H21BN2O2. The van der Waals surface area contributed by atoms with Gasteiger partial charge in [-0.15, -0.1) is 0 Å². The van der Waals surface area contributed by atoms with E-state index in [2.05, 4.69) is 30.7 Å². The lowest BCUT2D eigenvalue weighted by atomic mass is 9.80. The van der Waals surface area contributed by atoms with Crippen LogP contribution in [-0.2, 0) is 9.31 Å². The molecule has 102 valence electrons. The smallest absolute Gasteiger partial charge is 0.534 e.